The number of carbonyl (C=O) groups is 2. The molecule has 2 amide bonds. The van der Waals surface area contributed by atoms with Crippen molar-refractivity contribution in [2.75, 3.05) is 18.4 Å². The van der Waals surface area contributed by atoms with Crippen LogP contribution >= 0.6 is 34.8 Å². The van der Waals surface area contributed by atoms with Gasteiger partial charge in [-0.15, -0.1) is 0 Å². The van der Waals surface area contributed by atoms with Gasteiger partial charge < -0.3 is 10.6 Å². The van der Waals surface area contributed by atoms with E-state index in [4.69, 9.17) is 34.8 Å². The number of hydrogen-bond donors (Lipinski definition) is 2. The summed E-state index contributed by atoms with van der Waals surface area (Å²) in [5.41, 5.74) is 1.31. The molecule has 0 saturated carbocycles. The number of halogens is 3. The quantitative estimate of drug-likeness (QED) is 0.627. The van der Waals surface area contributed by atoms with Crippen LogP contribution in [0.2, 0.25) is 15.1 Å². The molecule has 5 nitrogen and oxygen atoms in total. The Bertz CT molecular complexity index is 808. The summed E-state index contributed by atoms with van der Waals surface area (Å²) in [6.07, 6.45) is 0. The van der Waals surface area contributed by atoms with Gasteiger partial charge >= 0.3 is 0 Å². The van der Waals surface area contributed by atoms with Crippen LogP contribution in [0.1, 0.15) is 19.4 Å². The lowest BCUT2D eigenvalue weighted by molar-refractivity contribution is -0.127. The smallest absolute Gasteiger partial charge is 0.238 e. The maximum Gasteiger partial charge on any atom is 0.238 e. The average molecular weight is 443 g/mol. The number of anilines is 1. The summed E-state index contributed by atoms with van der Waals surface area (Å²) < 4.78 is 0. The molecule has 0 fully saturated rings. The summed E-state index contributed by atoms with van der Waals surface area (Å²) in [6, 6.07) is 11.8. The van der Waals surface area contributed by atoms with Gasteiger partial charge in [0, 0.05) is 11.6 Å². The molecule has 2 aromatic carbocycles. The minimum atomic E-state index is -0.482. The first-order chi connectivity index (χ1) is 13.3. The fraction of sp³-hybridized carbons (Fsp3) is 0.300. The predicted molar refractivity (Wildman–Crippen MR) is 115 cm³/mol. The second-order valence-electron chi connectivity index (χ2n) is 6.23. The number of nitrogens with zero attached hydrogens (tertiary/aromatic N) is 1. The molecule has 1 atom stereocenters. The zero-order chi connectivity index (χ0) is 20.7. The molecule has 0 aromatic heterocycles. The summed E-state index contributed by atoms with van der Waals surface area (Å²) in [7, 11) is 0. The Morgan fingerprint density at radius 2 is 1.64 bits per heavy atom. The molecule has 0 radical (unpaired) electrons. The van der Waals surface area contributed by atoms with Gasteiger partial charge in [0.15, 0.2) is 0 Å². The molecule has 0 aliphatic heterocycles. The normalized spacial score (nSPS) is 11.9. The van der Waals surface area contributed by atoms with Crippen LogP contribution in [0, 0.1) is 0 Å². The second kappa shape index (κ2) is 10.7. The number of carbonyl (C=O) groups excluding carboxylic acids is 2. The standard InChI is InChI=1S/C20H22Cl3N3O2/c1-3-26(12-18(27)25-19-16(22)5-4-6-17(19)23)13(2)20(28)24-11-14-7-9-15(21)10-8-14/h4-10,13H,3,11-12H2,1-2H3,(H,24,28)(H,25,27). The summed E-state index contributed by atoms with van der Waals surface area (Å²) in [6.45, 7) is 4.60. The maximum atomic E-state index is 12.5. The fourth-order valence-corrected chi connectivity index (χ4v) is 3.23. The number of likely N-dealkylation sites (N-methyl/N-ethyl adjacent to an activating group) is 1. The van der Waals surface area contributed by atoms with Gasteiger partial charge in [0.1, 0.15) is 0 Å². The van der Waals surface area contributed by atoms with Crippen LogP contribution < -0.4 is 10.6 Å². The lowest BCUT2D eigenvalue weighted by Gasteiger charge is -2.26. The third kappa shape index (κ3) is 6.38. The van der Waals surface area contributed by atoms with Crippen molar-refractivity contribution in [1.29, 1.82) is 0 Å². The van der Waals surface area contributed by atoms with Gasteiger partial charge in [0.25, 0.3) is 0 Å². The Morgan fingerprint density at radius 1 is 1.04 bits per heavy atom. The molecular weight excluding hydrogens is 421 g/mol. The molecule has 0 heterocycles. The van der Waals surface area contributed by atoms with E-state index >= 15 is 0 Å². The summed E-state index contributed by atoms with van der Waals surface area (Å²) in [4.78, 5) is 26.7. The predicted octanol–water partition coefficient (Wildman–Crippen LogP) is 4.61. The molecule has 1 unspecified atom stereocenters. The number of benzene rings is 2. The first-order valence-electron chi connectivity index (χ1n) is 8.82. The van der Waals surface area contributed by atoms with Crippen LogP contribution in [-0.4, -0.2) is 35.8 Å². The van der Waals surface area contributed by atoms with E-state index in [1.54, 1.807) is 42.2 Å². The van der Waals surface area contributed by atoms with E-state index in [0.29, 0.717) is 33.8 Å². The van der Waals surface area contributed by atoms with Gasteiger partial charge in [0.2, 0.25) is 11.8 Å². The van der Waals surface area contributed by atoms with Crippen molar-refractivity contribution in [2.24, 2.45) is 0 Å². The molecule has 0 saturated heterocycles. The van der Waals surface area contributed by atoms with E-state index in [2.05, 4.69) is 10.6 Å². The van der Waals surface area contributed by atoms with Crippen molar-refractivity contribution in [3.63, 3.8) is 0 Å². The third-order valence-electron chi connectivity index (χ3n) is 4.29. The molecule has 8 heteroatoms. The van der Waals surface area contributed by atoms with Crippen molar-refractivity contribution < 1.29 is 9.59 Å². The molecule has 28 heavy (non-hydrogen) atoms. The Labute approximate surface area is 180 Å². The number of rotatable bonds is 8. The topological polar surface area (TPSA) is 61.4 Å². The van der Waals surface area contributed by atoms with E-state index < -0.39 is 6.04 Å². The highest BCUT2D eigenvalue weighted by atomic mass is 35.5. The second-order valence-corrected chi connectivity index (χ2v) is 7.48. The molecule has 2 N–H and O–H groups in total. The first kappa shape index (κ1) is 22.5. The molecule has 0 bridgehead atoms. The highest BCUT2D eigenvalue weighted by Crippen LogP contribution is 2.29. The fourth-order valence-electron chi connectivity index (χ4n) is 2.61. The Morgan fingerprint density at radius 3 is 2.21 bits per heavy atom. The van der Waals surface area contributed by atoms with Gasteiger partial charge in [-0.1, -0.05) is 59.9 Å². The van der Waals surface area contributed by atoms with Crippen molar-refractivity contribution in [1.82, 2.24) is 10.2 Å². The zero-order valence-corrected chi connectivity index (χ0v) is 17.9. The van der Waals surface area contributed by atoms with Crippen molar-refractivity contribution in [3.05, 3.63) is 63.1 Å². The number of nitrogens with one attached hydrogen (secondary N) is 2. The maximum absolute atomic E-state index is 12.5. The SMILES string of the molecule is CCN(CC(=O)Nc1c(Cl)cccc1Cl)C(C)C(=O)NCc1ccc(Cl)cc1. The molecule has 2 rings (SSSR count). The number of amides is 2. The van der Waals surface area contributed by atoms with Crippen LogP contribution in [0.3, 0.4) is 0 Å². The Hall–Kier alpha value is -1.79. The third-order valence-corrected chi connectivity index (χ3v) is 5.17. The molecule has 0 aliphatic carbocycles. The molecule has 0 aliphatic rings. The van der Waals surface area contributed by atoms with Gasteiger partial charge in [-0.05, 0) is 43.3 Å². The number of para-hydroxylation sites is 1. The Balaban J connectivity index is 1.92. The van der Waals surface area contributed by atoms with Gasteiger partial charge in [-0.2, -0.15) is 0 Å². The van der Waals surface area contributed by atoms with E-state index in [0.717, 1.165) is 5.56 Å². The summed E-state index contributed by atoms with van der Waals surface area (Å²) in [5, 5.41) is 6.95. The van der Waals surface area contributed by atoms with Crippen molar-refractivity contribution in [2.45, 2.75) is 26.4 Å². The first-order valence-corrected chi connectivity index (χ1v) is 9.95. The minimum absolute atomic E-state index is 0.0353. The van der Waals surface area contributed by atoms with E-state index in [-0.39, 0.29) is 18.4 Å². The van der Waals surface area contributed by atoms with Crippen LogP contribution in [-0.2, 0) is 16.1 Å². The highest BCUT2D eigenvalue weighted by molar-refractivity contribution is 6.39. The van der Waals surface area contributed by atoms with Crippen molar-refractivity contribution >= 4 is 52.3 Å². The van der Waals surface area contributed by atoms with Crippen LogP contribution in [0.4, 0.5) is 5.69 Å². The van der Waals surface area contributed by atoms with Gasteiger partial charge in [-0.25, -0.2) is 0 Å². The molecule has 2 aromatic rings. The largest absolute Gasteiger partial charge is 0.351 e. The van der Waals surface area contributed by atoms with Crippen LogP contribution in [0.5, 0.6) is 0 Å². The summed E-state index contributed by atoms with van der Waals surface area (Å²) >= 11 is 18.0. The van der Waals surface area contributed by atoms with Crippen molar-refractivity contribution in [3.8, 4) is 0 Å². The van der Waals surface area contributed by atoms with Crippen LogP contribution in [0.15, 0.2) is 42.5 Å². The zero-order valence-electron chi connectivity index (χ0n) is 15.6. The molecular formula is C20H22Cl3N3O2. The average Bonchev–Trinajstić information content (AvgIpc) is 2.68. The van der Waals surface area contributed by atoms with E-state index in [9.17, 15) is 9.59 Å². The van der Waals surface area contributed by atoms with E-state index in [1.807, 2.05) is 19.1 Å². The van der Waals surface area contributed by atoms with E-state index in [1.165, 1.54) is 0 Å². The lowest BCUT2D eigenvalue weighted by atomic mass is 10.2. The minimum Gasteiger partial charge on any atom is -0.351 e. The summed E-state index contributed by atoms with van der Waals surface area (Å²) in [5.74, 6) is -0.463. The lowest BCUT2D eigenvalue weighted by Crippen LogP contribution is -2.47. The van der Waals surface area contributed by atoms with Crippen LogP contribution in [0.25, 0.3) is 0 Å². The monoisotopic (exact) mass is 441 g/mol. The highest BCUT2D eigenvalue weighted by Gasteiger charge is 2.22. The molecule has 150 valence electrons. The van der Waals surface area contributed by atoms with Gasteiger partial charge in [-0.3, -0.25) is 14.5 Å². The molecule has 0 spiro atoms. The van der Waals surface area contributed by atoms with Gasteiger partial charge in [0.05, 0.1) is 28.3 Å². The number of hydrogen-bond acceptors (Lipinski definition) is 3. The Kier molecular flexibility index (Phi) is 8.58.